The zero-order valence-electron chi connectivity index (χ0n) is 14.7. The van der Waals surface area contributed by atoms with Crippen LogP contribution in [0.2, 0.25) is 5.02 Å². The number of nitrogens with one attached hydrogen (secondary N) is 2. The summed E-state index contributed by atoms with van der Waals surface area (Å²) in [6.07, 6.45) is 1.43. The van der Waals surface area contributed by atoms with Crippen molar-refractivity contribution < 1.29 is 9.21 Å². The van der Waals surface area contributed by atoms with E-state index in [4.69, 9.17) is 16.0 Å². The average molecular weight is 371 g/mol. The summed E-state index contributed by atoms with van der Waals surface area (Å²) in [4.78, 5) is 12.1. The second kappa shape index (κ2) is 7.17. The van der Waals surface area contributed by atoms with Gasteiger partial charge in [-0.05, 0) is 30.3 Å². The molecule has 2 N–H and O–H groups in total. The van der Waals surface area contributed by atoms with E-state index in [0.717, 1.165) is 11.3 Å². The molecule has 0 aliphatic heterocycles. The van der Waals surface area contributed by atoms with Crippen LogP contribution in [0.3, 0.4) is 0 Å². The summed E-state index contributed by atoms with van der Waals surface area (Å²) >= 11 is 5.98. The molecule has 2 heterocycles. The maximum Gasteiger partial charge on any atom is 0.291 e. The fourth-order valence-corrected chi connectivity index (χ4v) is 2.44. The number of halogens is 1. The van der Waals surface area contributed by atoms with Crippen molar-refractivity contribution in [2.45, 2.75) is 26.2 Å². The molecule has 1 aromatic carbocycles. The van der Waals surface area contributed by atoms with Gasteiger partial charge < -0.3 is 4.42 Å². The van der Waals surface area contributed by atoms with Crippen LogP contribution < -0.4 is 5.43 Å². The van der Waals surface area contributed by atoms with Gasteiger partial charge in [-0.25, -0.2) is 5.43 Å². The average Bonchev–Trinajstić information content (AvgIpc) is 3.24. The lowest BCUT2D eigenvalue weighted by molar-refractivity contribution is 0.0950. The minimum absolute atomic E-state index is 0.111. The number of hydrogen-bond donors (Lipinski definition) is 2. The molecule has 2 aromatic heterocycles. The SMILES string of the molecule is CC(C)(C)c1cc(C(=O)NN=Cc2ccc(-c3cccc(Cl)c3)o2)n[nH]1. The third-order valence-electron chi connectivity index (χ3n) is 3.71. The summed E-state index contributed by atoms with van der Waals surface area (Å²) in [6.45, 7) is 6.11. The first-order chi connectivity index (χ1) is 12.3. The fourth-order valence-electron chi connectivity index (χ4n) is 2.25. The van der Waals surface area contributed by atoms with Gasteiger partial charge in [-0.1, -0.05) is 44.5 Å². The molecule has 3 rings (SSSR count). The maximum absolute atomic E-state index is 12.1. The van der Waals surface area contributed by atoms with E-state index in [1.54, 1.807) is 18.2 Å². The van der Waals surface area contributed by atoms with E-state index >= 15 is 0 Å². The second-order valence-corrected chi connectivity index (χ2v) is 7.26. The minimum atomic E-state index is -0.394. The van der Waals surface area contributed by atoms with Crippen molar-refractivity contribution in [3.63, 3.8) is 0 Å². The van der Waals surface area contributed by atoms with Crippen LogP contribution >= 0.6 is 11.6 Å². The van der Waals surface area contributed by atoms with Crippen molar-refractivity contribution in [2.24, 2.45) is 5.10 Å². The predicted molar refractivity (Wildman–Crippen MR) is 102 cm³/mol. The van der Waals surface area contributed by atoms with Crippen molar-refractivity contribution in [1.82, 2.24) is 15.6 Å². The number of aromatic nitrogens is 2. The lowest BCUT2D eigenvalue weighted by atomic mass is 9.92. The third kappa shape index (κ3) is 4.21. The van der Waals surface area contributed by atoms with Gasteiger partial charge in [0.2, 0.25) is 0 Å². The number of H-pyrrole nitrogens is 1. The van der Waals surface area contributed by atoms with Gasteiger partial charge in [-0.15, -0.1) is 0 Å². The molecule has 3 aromatic rings. The highest BCUT2D eigenvalue weighted by Gasteiger charge is 2.19. The normalized spacial score (nSPS) is 11.8. The Bertz CT molecular complexity index is 950. The number of aromatic amines is 1. The zero-order chi connectivity index (χ0) is 18.7. The standard InChI is InChI=1S/C19H19ClN4O2/c1-19(2,3)17-10-15(22-23-17)18(25)24-21-11-14-7-8-16(26-14)12-5-4-6-13(20)9-12/h4-11H,1-3H3,(H,22,23)(H,24,25). The Labute approximate surface area is 156 Å². The van der Waals surface area contributed by atoms with E-state index in [1.165, 1.54) is 6.21 Å². The fraction of sp³-hybridized carbons (Fsp3) is 0.211. The van der Waals surface area contributed by atoms with E-state index in [1.807, 2.05) is 45.0 Å². The summed E-state index contributed by atoms with van der Waals surface area (Å²) in [5, 5.41) is 11.4. The van der Waals surface area contributed by atoms with Crippen molar-refractivity contribution >= 4 is 23.7 Å². The number of benzene rings is 1. The van der Waals surface area contributed by atoms with E-state index < -0.39 is 5.91 Å². The van der Waals surface area contributed by atoms with Gasteiger partial charge in [0, 0.05) is 21.7 Å². The highest BCUT2D eigenvalue weighted by atomic mass is 35.5. The minimum Gasteiger partial charge on any atom is -0.455 e. The van der Waals surface area contributed by atoms with Crippen LogP contribution in [-0.4, -0.2) is 22.3 Å². The van der Waals surface area contributed by atoms with Crippen LogP contribution in [0.4, 0.5) is 0 Å². The number of carbonyl (C=O) groups is 1. The number of hydrogen-bond acceptors (Lipinski definition) is 4. The van der Waals surface area contributed by atoms with E-state index in [2.05, 4.69) is 20.7 Å². The highest BCUT2D eigenvalue weighted by Crippen LogP contribution is 2.24. The quantitative estimate of drug-likeness (QED) is 0.528. The maximum atomic E-state index is 12.1. The number of rotatable bonds is 4. The van der Waals surface area contributed by atoms with Gasteiger partial charge in [-0.2, -0.15) is 10.2 Å². The Morgan fingerprint density at radius 1 is 1.27 bits per heavy atom. The van der Waals surface area contributed by atoms with E-state index in [-0.39, 0.29) is 11.1 Å². The number of furan rings is 1. The Hall–Kier alpha value is -2.86. The number of nitrogens with zero attached hydrogens (tertiary/aromatic N) is 2. The number of carbonyl (C=O) groups excluding carboxylic acids is 1. The molecular weight excluding hydrogens is 352 g/mol. The molecule has 0 saturated carbocycles. The molecule has 0 fully saturated rings. The van der Waals surface area contributed by atoms with Crippen LogP contribution in [0.1, 0.15) is 42.7 Å². The first-order valence-electron chi connectivity index (χ1n) is 8.08. The molecule has 0 spiro atoms. The molecule has 0 radical (unpaired) electrons. The summed E-state index contributed by atoms with van der Waals surface area (Å²) in [5.74, 6) is 0.787. The molecule has 0 aliphatic carbocycles. The molecule has 0 bridgehead atoms. The molecule has 7 heteroatoms. The van der Waals surface area contributed by atoms with Gasteiger partial charge in [0.1, 0.15) is 11.5 Å². The van der Waals surface area contributed by atoms with Crippen molar-refractivity contribution in [3.05, 3.63) is 64.6 Å². The number of amides is 1. The Morgan fingerprint density at radius 3 is 2.77 bits per heavy atom. The summed E-state index contributed by atoms with van der Waals surface area (Å²) in [7, 11) is 0. The molecule has 1 amide bonds. The third-order valence-corrected chi connectivity index (χ3v) is 3.95. The first kappa shape index (κ1) is 17.9. The molecule has 0 unspecified atom stereocenters. The van der Waals surface area contributed by atoms with Crippen LogP contribution in [-0.2, 0) is 5.41 Å². The largest absolute Gasteiger partial charge is 0.455 e. The van der Waals surface area contributed by atoms with Crippen molar-refractivity contribution in [1.29, 1.82) is 0 Å². The van der Waals surface area contributed by atoms with Gasteiger partial charge in [0.05, 0.1) is 6.21 Å². The van der Waals surface area contributed by atoms with E-state index in [9.17, 15) is 4.79 Å². The van der Waals surface area contributed by atoms with Gasteiger partial charge >= 0.3 is 0 Å². The second-order valence-electron chi connectivity index (χ2n) is 6.83. The molecular formula is C19H19ClN4O2. The molecule has 6 nitrogen and oxygen atoms in total. The van der Waals surface area contributed by atoms with Crippen molar-refractivity contribution in [2.75, 3.05) is 0 Å². The van der Waals surface area contributed by atoms with Crippen LogP contribution in [0, 0.1) is 0 Å². The Balaban J connectivity index is 1.64. The molecule has 0 saturated heterocycles. The summed E-state index contributed by atoms with van der Waals surface area (Å²) < 4.78 is 5.68. The molecule has 134 valence electrons. The van der Waals surface area contributed by atoms with Crippen LogP contribution in [0.15, 0.2) is 52.0 Å². The molecule has 0 aliphatic rings. The smallest absolute Gasteiger partial charge is 0.291 e. The van der Waals surface area contributed by atoms with Crippen LogP contribution in [0.25, 0.3) is 11.3 Å². The lowest BCUT2D eigenvalue weighted by Crippen LogP contribution is -2.18. The molecule has 0 atom stereocenters. The Morgan fingerprint density at radius 2 is 2.08 bits per heavy atom. The highest BCUT2D eigenvalue weighted by molar-refractivity contribution is 6.30. The van der Waals surface area contributed by atoms with Gasteiger partial charge in [0.25, 0.3) is 5.91 Å². The van der Waals surface area contributed by atoms with Gasteiger partial charge in [0.15, 0.2) is 5.69 Å². The monoisotopic (exact) mass is 370 g/mol. The zero-order valence-corrected chi connectivity index (χ0v) is 15.5. The number of hydrazone groups is 1. The predicted octanol–water partition coefficient (Wildman–Crippen LogP) is 4.38. The topological polar surface area (TPSA) is 83.3 Å². The van der Waals surface area contributed by atoms with Gasteiger partial charge in [-0.3, -0.25) is 9.89 Å². The Kier molecular flexibility index (Phi) is 4.95. The molecule has 26 heavy (non-hydrogen) atoms. The summed E-state index contributed by atoms with van der Waals surface area (Å²) in [6, 6.07) is 12.7. The van der Waals surface area contributed by atoms with Crippen molar-refractivity contribution in [3.8, 4) is 11.3 Å². The van der Waals surface area contributed by atoms with E-state index in [0.29, 0.717) is 16.5 Å². The first-order valence-corrected chi connectivity index (χ1v) is 8.46. The van der Waals surface area contributed by atoms with Crippen LogP contribution in [0.5, 0.6) is 0 Å². The summed E-state index contributed by atoms with van der Waals surface area (Å²) in [5.41, 5.74) is 4.36. The lowest BCUT2D eigenvalue weighted by Gasteiger charge is -2.14.